The van der Waals surface area contributed by atoms with Crippen molar-refractivity contribution < 1.29 is 18.8 Å². The van der Waals surface area contributed by atoms with Crippen LogP contribution in [0.4, 0.5) is 11.6 Å². The minimum absolute atomic E-state index is 0.169. The molecule has 0 bridgehead atoms. The number of carbonyl (C=O) groups is 2. The molecule has 2 N–H and O–H groups in total. The maximum Gasteiger partial charge on any atom is 0.280 e. The lowest BCUT2D eigenvalue weighted by atomic mass is 10.0. The second kappa shape index (κ2) is 6.16. The maximum absolute atomic E-state index is 12.5. The number of halogens is 1. The molecule has 0 saturated heterocycles. The highest BCUT2D eigenvalue weighted by molar-refractivity contribution is 6.31. The summed E-state index contributed by atoms with van der Waals surface area (Å²) >= 11 is 5.89. The van der Waals surface area contributed by atoms with Crippen LogP contribution in [0.5, 0.6) is 5.75 Å². The summed E-state index contributed by atoms with van der Waals surface area (Å²) in [7, 11) is 0. The van der Waals surface area contributed by atoms with E-state index in [4.69, 9.17) is 20.9 Å². The normalized spacial score (nSPS) is 19.2. The molecule has 1 unspecified atom stereocenters. The average Bonchev–Trinajstić information content (AvgIpc) is 2.96. The van der Waals surface area contributed by atoms with Crippen molar-refractivity contribution in [3.63, 3.8) is 0 Å². The summed E-state index contributed by atoms with van der Waals surface area (Å²) in [5.74, 6) is -0.716. The molecular formula is C16H16ClN3O4. The number of hydrogen-bond acceptors (Lipinski definition) is 5. The van der Waals surface area contributed by atoms with Crippen molar-refractivity contribution >= 4 is 35.0 Å². The van der Waals surface area contributed by atoms with E-state index in [2.05, 4.69) is 15.8 Å². The molecule has 3 rings (SSSR count). The summed E-state index contributed by atoms with van der Waals surface area (Å²) in [5.41, 5.74) is -0.590. The third-order valence-corrected chi connectivity index (χ3v) is 3.91. The predicted molar refractivity (Wildman–Crippen MR) is 88.2 cm³/mol. The van der Waals surface area contributed by atoms with Crippen LogP contribution >= 0.6 is 11.6 Å². The quantitative estimate of drug-likeness (QED) is 0.827. The van der Waals surface area contributed by atoms with Gasteiger partial charge in [-0.05, 0) is 31.5 Å². The van der Waals surface area contributed by atoms with Crippen molar-refractivity contribution in [2.24, 2.45) is 0 Å². The minimum atomic E-state index is -1.74. The van der Waals surface area contributed by atoms with Crippen LogP contribution in [0.2, 0.25) is 5.02 Å². The second-order valence-electron chi connectivity index (χ2n) is 5.62. The third-order valence-electron chi connectivity index (χ3n) is 3.67. The SMILES string of the molecule is CCCc1cc(NC(=O)C2(C)Oc3ccc(Cl)cc3NC2=O)on1. The van der Waals surface area contributed by atoms with Gasteiger partial charge in [0.15, 0.2) is 0 Å². The van der Waals surface area contributed by atoms with Gasteiger partial charge in [0.2, 0.25) is 5.88 Å². The second-order valence-corrected chi connectivity index (χ2v) is 6.05. The van der Waals surface area contributed by atoms with Crippen LogP contribution in [-0.2, 0) is 16.0 Å². The molecule has 0 saturated carbocycles. The smallest absolute Gasteiger partial charge is 0.280 e. The number of amides is 2. The van der Waals surface area contributed by atoms with Crippen molar-refractivity contribution in [2.75, 3.05) is 10.6 Å². The maximum atomic E-state index is 12.5. The Morgan fingerprint density at radius 3 is 2.96 bits per heavy atom. The Balaban J connectivity index is 1.80. The Hall–Kier alpha value is -2.54. The van der Waals surface area contributed by atoms with E-state index in [0.29, 0.717) is 16.5 Å². The Morgan fingerprint density at radius 1 is 1.42 bits per heavy atom. The summed E-state index contributed by atoms with van der Waals surface area (Å²) < 4.78 is 10.7. The van der Waals surface area contributed by atoms with E-state index in [9.17, 15) is 9.59 Å². The van der Waals surface area contributed by atoms with Gasteiger partial charge in [-0.25, -0.2) is 0 Å². The van der Waals surface area contributed by atoms with Gasteiger partial charge in [0, 0.05) is 11.1 Å². The van der Waals surface area contributed by atoms with Crippen molar-refractivity contribution in [3.8, 4) is 5.75 Å². The molecule has 24 heavy (non-hydrogen) atoms. The third kappa shape index (κ3) is 2.94. The van der Waals surface area contributed by atoms with Gasteiger partial charge in [-0.1, -0.05) is 30.1 Å². The van der Waals surface area contributed by atoms with Crippen LogP contribution in [0.3, 0.4) is 0 Å². The van der Waals surface area contributed by atoms with Gasteiger partial charge >= 0.3 is 0 Å². The highest BCUT2D eigenvalue weighted by atomic mass is 35.5. The minimum Gasteiger partial charge on any atom is -0.466 e. The molecule has 0 spiro atoms. The number of aryl methyl sites for hydroxylation is 1. The van der Waals surface area contributed by atoms with Crippen molar-refractivity contribution in [1.82, 2.24) is 5.16 Å². The first-order chi connectivity index (χ1) is 11.4. The van der Waals surface area contributed by atoms with Crippen LogP contribution in [0, 0.1) is 0 Å². The standard InChI is InChI=1S/C16H16ClN3O4/c1-3-4-10-8-13(24-20-10)19-15(22)16(2)14(21)18-11-7-9(17)5-6-12(11)23-16/h5-8H,3-4H2,1-2H3,(H,18,21)(H,19,22). The summed E-state index contributed by atoms with van der Waals surface area (Å²) in [6, 6.07) is 6.39. The number of carbonyl (C=O) groups excluding carboxylic acids is 2. The van der Waals surface area contributed by atoms with Crippen LogP contribution in [0.1, 0.15) is 26.0 Å². The first kappa shape index (κ1) is 16.3. The van der Waals surface area contributed by atoms with Crippen LogP contribution in [0.25, 0.3) is 0 Å². The van der Waals surface area contributed by atoms with Gasteiger partial charge in [-0.3, -0.25) is 14.9 Å². The number of benzene rings is 1. The van der Waals surface area contributed by atoms with E-state index < -0.39 is 17.4 Å². The zero-order chi connectivity index (χ0) is 17.3. The lowest BCUT2D eigenvalue weighted by Gasteiger charge is -2.32. The summed E-state index contributed by atoms with van der Waals surface area (Å²) in [6.07, 6.45) is 1.64. The Bertz CT molecular complexity index is 804. The van der Waals surface area contributed by atoms with Crippen molar-refractivity contribution in [1.29, 1.82) is 0 Å². The molecular weight excluding hydrogens is 334 g/mol. The van der Waals surface area contributed by atoms with Gasteiger partial charge in [0.1, 0.15) is 5.75 Å². The molecule has 8 heteroatoms. The lowest BCUT2D eigenvalue weighted by Crippen LogP contribution is -2.56. The number of anilines is 2. The average molecular weight is 350 g/mol. The number of rotatable bonds is 4. The van der Waals surface area contributed by atoms with Crippen LogP contribution < -0.4 is 15.4 Å². The zero-order valence-electron chi connectivity index (χ0n) is 13.2. The summed E-state index contributed by atoms with van der Waals surface area (Å²) in [4.78, 5) is 24.9. The Labute approximate surface area is 143 Å². The molecule has 126 valence electrons. The van der Waals surface area contributed by atoms with E-state index in [1.54, 1.807) is 24.3 Å². The topological polar surface area (TPSA) is 93.5 Å². The number of ether oxygens (including phenoxy) is 1. The fourth-order valence-corrected chi connectivity index (χ4v) is 2.49. The molecule has 1 aromatic heterocycles. The molecule has 0 fully saturated rings. The van der Waals surface area contributed by atoms with Gasteiger partial charge in [0.05, 0.1) is 11.4 Å². The number of aromatic nitrogens is 1. The van der Waals surface area contributed by atoms with E-state index in [-0.39, 0.29) is 5.88 Å². The molecule has 2 aromatic rings. The largest absolute Gasteiger partial charge is 0.466 e. The van der Waals surface area contributed by atoms with Crippen LogP contribution in [0.15, 0.2) is 28.8 Å². The molecule has 1 aliphatic heterocycles. The predicted octanol–water partition coefficient (Wildman–Crippen LogP) is 3.01. The molecule has 7 nitrogen and oxygen atoms in total. The van der Waals surface area contributed by atoms with Crippen LogP contribution in [-0.4, -0.2) is 22.6 Å². The van der Waals surface area contributed by atoms with Gasteiger partial charge in [0.25, 0.3) is 17.4 Å². The number of fused-ring (bicyclic) bond motifs is 1. The van der Waals surface area contributed by atoms with Crippen molar-refractivity contribution in [2.45, 2.75) is 32.3 Å². The molecule has 1 aromatic carbocycles. The Morgan fingerprint density at radius 2 is 2.21 bits per heavy atom. The molecule has 0 aliphatic carbocycles. The highest BCUT2D eigenvalue weighted by Gasteiger charge is 2.47. The number of nitrogens with zero attached hydrogens (tertiary/aromatic N) is 1. The first-order valence-electron chi connectivity index (χ1n) is 7.49. The molecule has 1 aliphatic rings. The van der Waals surface area contributed by atoms with E-state index >= 15 is 0 Å². The van der Waals surface area contributed by atoms with Gasteiger partial charge in [-0.15, -0.1) is 0 Å². The molecule has 0 radical (unpaired) electrons. The van der Waals surface area contributed by atoms with E-state index in [1.165, 1.54) is 6.92 Å². The van der Waals surface area contributed by atoms with Gasteiger partial charge < -0.3 is 14.6 Å². The Kier molecular flexibility index (Phi) is 4.19. The number of nitrogens with one attached hydrogen (secondary N) is 2. The van der Waals surface area contributed by atoms with Gasteiger partial charge in [-0.2, -0.15) is 0 Å². The van der Waals surface area contributed by atoms with Crippen molar-refractivity contribution in [3.05, 3.63) is 35.0 Å². The summed E-state index contributed by atoms with van der Waals surface area (Å²) in [6.45, 7) is 3.40. The molecule has 2 amide bonds. The molecule has 2 heterocycles. The molecule has 1 atom stereocenters. The fourth-order valence-electron chi connectivity index (χ4n) is 2.32. The van der Waals surface area contributed by atoms with E-state index in [0.717, 1.165) is 18.5 Å². The highest BCUT2D eigenvalue weighted by Crippen LogP contribution is 2.36. The monoisotopic (exact) mass is 349 g/mol. The van der Waals surface area contributed by atoms with E-state index in [1.807, 2.05) is 6.92 Å². The lowest BCUT2D eigenvalue weighted by molar-refractivity contribution is -0.143. The number of hydrogen-bond donors (Lipinski definition) is 2. The fraction of sp³-hybridized carbons (Fsp3) is 0.312. The summed E-state index contributed by atoms with van der Waals surface area (Å²) in [5, 5.41) is 9.45. The zero-order valence-corrected chi connectivity index (χ0v) is 13.9. The first-order valence-corrected chi connectivity index (χ1v) is 7.87.